The van der Waals surface area contributed by atoms with E-state index in [1.165, 1.54) is 0 Å². The van der Waals surface area contributed by atoms with Crippen molar-refractivity contribution in [1.82, 2.24) is 0 Å². The molecule has 0 bridgehead atoms. The lowest BCUT2D eigenvalue weighted by molar-refractivity contribution is -0.118. The molecule has 1 aromatic rings. The summed E-state index contributed by atoms with van der Waals surface area (Å²) in [6.07, 6.45) is 0.597. The van der Waals surface area contributed by atoms with Gasteiger partial charge in [-0.1, -0.05) is 19.9 Å². The van der Waals surface area contributed by atoms with Crippen molar-refractivity contribution in [2.24, 2.45) is 5.92 Å². The van der Waals surface area contributed by atoms with Crippen LogP contribution in [0.15, 0.2) is 18.2 Å². The fourth-order valence-electron chi connectivity index (χ4n) is 1.23. The van der Waals surface area contributed by atoms with Gasteiger partial charge in [0.2, 0.25) is 12.3 Å². The summed E-state index contributed by atoms with van der Waals surface area (Å²) in [5.41, 5.74) is 2.26. The van der Waals surface area contributed by atoms with Crippen LogP contribution in [0.3, 0.4) is 0 Å². The lowest BCUT2D eigenvalue weighted by atomic mass is 10.1. The Balaban J connectivity index is 2.94. The summed E-state index contributed by atoms with van der Waals surface area (Å²) >= 11 is 0. The van der Waals surface area contributed by atoms with Crippen molar-refractivity contribution in [2.75, 3.05) is 10.6 Å². The van der Waals surface area contributed by atoms with Gasteiger partial charge in [0.15, 0.2) is 0 Å². The van der Waals surface area contributed by atoms with E-state index in [0.29, 0.717) is 17.8 Å². The van der Waals surface area contributed by atoms with Crippen LogP contribution in [0.4, 0.5) is 11.4 Å². The van der Waals surface area contributed by atoms with Gasteiger partial charge in [-0.05, 0) is 24.6 Å². The van der Waals surface area contributed by atoms with Crippen LogP contribution in [0.1, 0.15) is 19.4 Å². The molecule has 0 aliphatic carbocycles. The molecule has 0 heterocycles. The number of hydrogen-bond acceptors (Lipinski definition) is 2. The Morgan fingerprint density at radius 3 is 2.56 bits per heavy atom. The Kier molecular flexibility index (Phi) is 4.05. The van der Waals surface area contributed by atoms with Gasteiger partial charge in [-0.15, -0.1) is 0 Å². The maximum absolute atomic E-state index is 11.5. The van der Waals surface area contributed by atoms with Crippen molar-refractivity contribution in [3.05, 3.63) is 23.8 Å². The molecule has 16 heavy (non-hydrogen) atoms. The third-order valence-corrected chi connectivity index (χ3v) is 2.17. The average Bonchev–Trinajstić information content (AvgIpc) is 2.22. The number of carbonyl (C=O) groups excluding carboxylic acids is 2. The zero-order chi connectivity index (χ0) is 12.1. The van der Waals surface area contributed by atoms with Crippen molar-refractivity contribution in [3.8, 4) is 0 Å². The lowest BCUT2D eigenvalue weighted by Gasteiger charge is -2.12. The number of anilines is 2. The Hall–Kier alpha value is -1.84. The first kappa shape index (κ1) is 12.2. The summed E-state index contributed by atoms with van der Waals surface area (Å²) in [5, 5.41) is 5.33. The zero-order valence-corrected chi connectivity index (χ0v) is 9.70. The number of hydrogen-bond donors (Lipinski definition) is 2. The fourth-order valence-corrected chi connectivity index (χ4v) is 1.23. The van der Waals surface area contributed by atoms with E-state index < -0.39 is 0 Å². The summed E-state index contributed by atoms with van der Waals surface area (Å²) in [4.78, 5) is 22.0. The molecule has 0 fully saturated rings. The van der Waals surface area contributed by atoms with Gasteiger partial charge < -0.3 is 10.6 Å². The SMILES string of the molecule is Cc1ccc(NC(=O)C(C)C)c(NC=O)c1. The minimum Gasteiger partial charge on any atom is -0.327 e. The normalized spacial score (nSPS) is 10.0. The van der Waals surface area contributed by atoms with Crippen LogP contribution in [0.2, 0.25) is 0 Å². The Bertz CT molecular complexity index is 400. The van der Waals surface area contributed by atoms with Crippen LogP contribution in [0.5, 0.6) is 0 Å². The summed E-state index contributed by atoms with van der Waals surface area (Å²) in [6.45, 7) is 5.55. The standard InChI is InChI=1S/C12H16N2O2/c1-8(2)12(16)14-10-5-4-9(3)6-11(10)13-7-15/h4-8H,1-3H3,(H,13,15)(H,14,16). The van der Waals surface area contributed by atoms with E-state index in [-0.39, 0.29) is 11.8 Å². The summed E-state index contributed by atoms with van der Waals surface area (Å²) < 4.78 is 0. The van der Waals surface area contributed by atoms with Crippen LogP contribution in [0, 0.1) is 12.8 Å². The minimum atomic E-state index is -0.0922. The molecular formula is C12H16N2O2. The van der Waals surface area contributed by atoms with Crippen LogP contribution in [0.25, 0.3) is 0 Å². The summed E-state index contributed by atoms with van der Waals surface area (Å²) in [5.74, 6) is -0.164. The van der Waals surface area contributed by atoms with Crippen molar-refractivity contribution in [1.29, 1.82) is 0 Å². The first-order valence-electron chi connectivity index (χ1n) is 5.16. The van der Waals surface area contributed by atoms with Crippen LogP contribution >= 0.6 is 0 Å². The zero-order valence-electron chi connectivity index (χ0n) is 9.70. The van der Waals surface area contributed by atoms with Gasteiger partial charge in [0.25, 0.3) is 0 Å². The van der Waals surface area contributed by atoms with Gasteiger partial charge in [0.1, 0.15) is 0 Å². The highest BCUT2D eigenvalue weighted by atomic mass is 16.2. The highest BCUT2D eigenvalue weighted by Gasteiger charge is 2.09. The number of benzene rings is 1. The molecule has 2 amide bonds. The third kappa shape index (κ3) is 3.08. The van der Waals surface area contributed by atoms with Crippen LogP contribution in [-0.4, -0.2) is 12.3 Å². The molecule has 1 rings (SSSR count). The van der Waals surface area contributed by atoms with Crippen LogP contribution < -0.4 is 10.6 Å². The molecule has 1 aromatic carbocycles. The van der Waals surface area contributed by atoms with E-state index in [1.807, 2.05) is 32.9 Å². The first-order chi connectivity index (χ1) is 7.54. The highest BCUT2D eigenvalue weighted by molar-refractivity contribution is 5.96. The molecule has 4 nitrogen and oxygen atoms in total. The number of carbonyl (C=O) groups is 2. The molecule has 0 aliphatic heterocycles. The summed E-state index contributed by atoms with van der Waals surface area (Å²) in [6, 6.07) is 5.47. The molecule has 0 aliphatic rings. The van der Waals surface area contributed by atoms with Crippen molar-refractivity contribution in [2.45, 2.75) is 20.8 Å². The third-order valence-electron chi connectivity index (χ3n) is 2.17. The molecule has 0 unspecified atom stereocenters. The molecule has 0 aromatic heterocycles. The predicted molar refractivity (Wildman–Crippen MR) is 64.3 cm³/mol. The quantitative estimate of drug-likeness (QED) is 0.764. The van der Waals surface area contributed by atoms with Gasteiger partial charge in [-0.3, -0.25) is 9.59 Å². The fraction of sp³-hybridized carbons (Fsp3) is 0.333. The van der Waals surface area contributed by atoms with Gasteiger partial charge in [0, 0.05) is 5.92 Å². The molecule has 0 spiro atoms. The first-order valence-corrected chi connectivity index (χ1v) is 5.16. The van der Waals surface area contributed by atoms with Gasteiger partial charge in [0.05, 0.1) is 11.4 Å². The maximum Gasteiger partial charge on any atom is 0.226 e. The van der Waals surface area contributed by atoms with Gasteiger partial charge in [-0.25, -0.2) is 0 Å². The molecule has 0 radical (unpaired) electrons. The number of aryl methyl sites for hydroxylation is 1. The van der Waals surface area contributed by atoms with Gasteiger partial charge in [-0.2, -0.15) is 0 Å². The van der Waals surface area contributed by atoms with Gasteiger partial charge >= 0.3 is 0 Å². The Morgan fingerprint density at radius 1 is 1.31 bits per heavy atom. The summed E-state index contributed by atoms with van der Waals surface area (Å²) in [7, 11) is 0. The van der Waals surface area contributed by atoms with Crippen molar-refractivity contribution < 1.29 is 9.59 Å². The molecule has 0 saturated heterocycles. The van der Waals surface area contributed by atoms with E-state index in [1.54, 1.807) is 6.07 Å². The van der Waals surface area contributed by atoms with E-state index in [0.717, 1.165) is 5.56 Å². The smallest absolute Gasteiger partial charge is 0.226 e. The van der Waals surface area contributed by atoms with E-state index in [2.05, 4.69) is 10.6 Å². The molecule has 0 saturated carbocycles. The molecule has 0 atom stereocenters. The predicted octanol–water partition coefficient (Wildman–Crippen LogP) is 2.16. The maximum atomic E-state index is 11.5. The number of amides is 2. The highest BCUT2D eigenvalue weighted by Crippen LogP contribution is 2.23. The lowest BCUT2D eigenvalue weighted by Crippen LogP contribution is -2.18. The average molecular weight is 220 g/mol. The Morgan fingerprint density at radius 2 is 2.00 bits per heavy atom. The second kappa shape index (κ2) is 5.30. The van der Waals surface area contributed by atoms with E-state index in [9.17, 15) is 9.59 Å². The molecule has 4 heteroatoms. The number of rotatable bonds is 4. The van der Waals surface area contributed by atoms with E-state index in [4.69, 9.17) is 0 Å². The second-order valence-electron chi connectivity index (χ2n) is 3.96. The van der Waals surface area contributed by atoms with Crippen LogP contribution in [-0.2, 0) is 9.59 Å². The molecule has 86 valence electrons. The molecule has 2 N–H and O–H groups in total. The van der Waals surface area contributed by atoms with E-state index >= 15 is 0 Å². The van der Waals surface area contributed by atoms with Crippen molar-refractivity contribution >= 4 is 23.7 Å². The second-order valence-corrected chi connectivity index (χ2v) is 3.96. The molecular weight excluding hydrogens is 204 g/mol. The van der Waals surface area contributed by atoms with Crippen molar-refractivity contribution in [3.63, 3.8) is 0 Å². The monoisotopic (exact) mass is 220 g/mol. The largest absolute Gasteiger partial charge is 0.327 e. The minimum absolute atomic E-state index is 0.0715. The number of nitrogens with one attached hydrogen (secondary N) is 2. The topological polar surface area (TPSA) is 58.2 Å². The Labute approximate surface area is 95.0 Å².